The lowest BCUT2D eigenvalue weighted by Gasteiger charge is -2.13. The van der Waals surface area contributed by atoms with Gasteiger partial charge in [-0.2, -0.15) is 18.4 Å². The zero-order valence-corrected chi connectivity index (χ0v) is 9.75. The fourth-order valence-corrected chi connectivity index (χ4v) is 1.51. The fourth-order valence-electron chi connectivity index (χ4n) is 1.51. The lowest BCUT2D eigenvalue weighted by molar-refractivity contribution is -0.137. The summed E-state index contributed by atoms with van der Waals surface area (Å²) in [6.07, 6.45) is -4.90. The van der Waals surface area contributed by atoms with E-state index < -0.39 is 28.8 Å². The number of aldehydes is 1. The predicted molar refractivity (Wildman–Crippen MR) is 57.5 cm³/mol. The molecule has 0 unspecified atom stereocenters. The molecule has 7 heteroatoms. The van der Waals surface area contributed by atoms with Gasteiger partial charge < -0.3 is 4.74 Å². The van der Waals surface area contributed by atoms with Gasteiger partial charge in [0.1, 0.15) is 6.07 Å². The molecule has 1 aromatic rings. The van der Waals surface area contributed by atoms with E-state index >= 15 is 0 Å². The number of carbonyl (C=O) groups is 2. The molecular formula is C12H8F3NO3. The van der Waals surface area contributed by atoms with Crippen molar-refractivity contribution >= 4 is 12.3 Å². The highest BCUT2D eigenvalue weighted by Crippen LogP contribution is 2.34. The highest BCUT2D eigenvalue weighted by molar-refractivity contribution is 6.01. The molecule has 0 aliphatic heterocycles. The molecule has 0 heterocycles. The molecule has 0 aromatic heterocycles. The Morgan fingerprint density at radius 1 is 1.47 bits per heavy atom. The zero-order chi connectivity index (χ0) is 14.6. The fraction of sp³-hybridized carbons (Fsp3) is 0.250. The Kier molecular flexibility index (Phi) is 4.27. The quantitative estimate of drug-likeness (QED) is 0.626. The Morgan fingerprint density at radius 3 is 2.53 bits per heavy atom. The van der Waals surface area contributed by atoms with Gasteiger partial charge in [-0.3, -0.25) is 4.79 Å². The minimum atomic E-state index is -4.80. The van der Waals surface area contributed by atoms with Crippen LogP contribution >= 0.6 is 0 Å². The van der Waals surface area contributed by atoms with Crippen molar-refractivity contribution in [3.63, 3.8) is 0 Å². The normalized spacial score (nSPS) is 10.7. The average molecular weight is 271 g/mol. The van der Waals surface area contributed by atoms with E-state index in [-0.39, 0.29) is 18.5 Å². The second-order valence-corrected chi connectivity index (χ2v) is 3.40. The van der Waals surface area contributed by atoms with E-state index in [0.717, 1.165) is 6.07 Å². The van der Waals surface area contributed by atoms with Gasteiger partial charge in [-0.15, -0.1) is 0 Å². The van der Waals surface area contributed by atoms with Crippen LogP contribution in [-0.4, -0.2) is 18.9 Å². The average Bonchev–Trinajstić information content (AvgIpc) is 2.35. The van der Waals surface area contributed by atoms with Crippen LogP contribution in [0.25, 0.3) is 0 Å². The SMILES string of the molecule is CCOC(=O)c1c(C#N)ccc(C(F)(F)F)c1C=O. The summed E-state index contributed by atoms with van der Waals surface area (Å²) in [5.74, 6) is -1.13. The van der Waals surface area contributed by atoms with Crippen LogP contribution < -0.4 is 0 Å². The summed E-state index contributed by atoms with van der Waals surface area (Å²) in [5, 5.41) is 8.79. The van der Waals surface area contributed by atoms with Gasteiger partial charge in [0, 0.05) is 5.56 Å². The summed E-state index contributed by atoms with van der Waals surface area (Å²) in [6.45, 7) is 1.37. The zero-order valence-electron chi connectivity index (χ0n) is 9.75. The van der Waals surface area contributed by atoms with E-state index in [4.69, 9.17) is 5.26 Å². The molecule has 0 amide bonds. The molecule has 1 aromatic carbocycles. The molecular weight excluding hydrogens is 263 g/mol. The molecule has 0 radical (unpaired) electrons. The van der Waals surface area contributed by atoms with E-state index in [1.165, 1.54) is 6.92 Å². The molecule has 0 N–H and O–H groups in total. The number of ether oxygens (including phenoxy) is 1. The van der Waals surface area contributed by atoms with Gasteiger partial charge in [-0.1, -0.05) is 0 Å². The van der Waals surface area contributed by atoms with Crippen LogP contribution in [0.5, 0.6) is 0 Å². The molecule has 0 fully saturated rings. The first-order chi connectivity index (χ1) is 8.86. The number of nitriles is 1. The van der Waals surface area contributed by atoms with Crippen molar-refractivity contribution in [2.75, 3.05) is 6.61 Å². The number of halogens is 3. The van der Waals surface area contributed by atoms with Crippen molar-refractivity contribution in [3.8, 4) is 6.07 Å². The van der Waals surface area contributed by atoms with E-state index in [1.54, 1.807) is 6.07 Å². The maximum absolute atomic E-state index is 12.7. The van der Waals surface area contributed by atoms with Crippen LogP contribution in [0, 0.1) is 11.3 Å². The topological polar surface area (TPSA) is 67.2 Å². The Hall–Kier alpha value is -2.36. The molecule has 0 saturated heterocycles. The maximum atomic E-state index is 12.7. The lowest BCUT2D eigenvalue weighted by atomic mass is 9.96. The number of rotatable bonds is 3. The summed E-state index contributed by atoms with van der Waals surface area (Å²) in [4.78, 5) is 22.4. The van der Waals surface area contributed by atoms with Crippen LogP contribution in [0.1, 0.15) is 38.8 Å². The Labute approximate surface area is 106 Å². The van der Waals surface area contributed by atoms with Gasteiger partial charge in [-0.25, -0.2) is 4.79 Å². The van der Waals surface area contributed by atoms with Crippen LogP contribution in [0.3, 0.4) is 0 Å². The van der Waals surface area contributed by atoms with E-state index in [1.807, 2.05) is 0 Å². The number of esters is 1. The second kappa shape index (κ2) is 5.52. The lowest BCUT2D eigenvalue weighted by Crippen LogP contribution is -2.16. The molecule has 100 valence electrons. The molecule has 0 saturated carbocycles. The Morgan fingerprint density at radius 2 is 2.11 bits per heavy atom. The van der Waals surface area contributed by atoms with Crippen LogP contribution in [0.2, 0.25) is 0 Å². The molecule has 0 atom stereocenters. The number of nitrogens with zero attached hydrogens (tertiary/aromatic N) is 1. The van der Waals surface area contributed by atoms with Crippen LogP contribution in [0.4, 0.5) is 13.2 Å². The Bertz CT molecular complexity index is 559. The number of hydrogen-bond acceptors (Lipinski definition) is 4. The van der Waals surface area contributed by atoms with Gasteiger partial charge in [0.15, 0.2) is 6.29 Å². The van der Waals surface area contributed by atoms with E-state index in [0.29, 0.717) is 6.07 Å². The van der Waals surface area contributed by atoms with Gasteiger partial charge >= 0.3 is 12.1 Å². The summed E-state index contributed by atoms with van der Waals surface area (Å²) in [5.41, 5.74) is -3.16. The van der Waals surface area contributed by atoms with Crippen LogP contribution in [-0.2, 0) is 10.9 Å². The van der Waals surface area contributed by atoms with Gasteiger partial charge in [0.25, 0.3) is 0 Å². The third-order valence-corrected chi connectivity index (χ3v) is 2.27. The molecule has 4 nitrogen and oxygen atoms in total. The standard InChI is InChI=1S/C12H8F3NO3/c1-2-19-11(18)10-7(5-16)3-4-9(8(10)6-17)12(13,14)15/h3-4,6H,2H2,1H3. The monoisotopic (exact) mass is 271 g/mol. The second-order valence-electron chi connectivity index (χ2n) is 3.40. The minimum absolute atomic E-state index is 0.0851. The van der Waals surface area contributed by atoms with Crippen molar-refractivity contribution in [1.29, 1.82) is 5.26 Å². The van der Waals surface area contributed by atoms with E-state index in [2.05, 4.69) is 4.74 Å². The molecule has 0 aliphatic carbocycles. The molecule has 0 spiro atoms. The largest absolute Gasteiger partial charge is 0.462 e. The van der Waals surface area contributed by atoms with Crippen molar-refractivity contribution in [2.45, 2.75) is 13.1 Å². The summed E-state index contributed by atoms with van der Waals surface area (Å²) in [6, 6.07) is 2.98. The first kappa shape index (κ1) is 14.7. The third-order valence-electron chi connectivity index (χ3n) is 2.27. The van der Waals surface area contributed by atoms with Crippen molar-refractivity contribution in [3.05, 3.63) is 34.4 Å². The molecule has 0 aliphatic rings. The summed E-state index contributed by atoms with van der Waals surface area (Å²) in [7, 11) is 0. The summed E-state index contributed by atoms with van der Waals surface area (Å²) < 4.78 is 42.7. The molecule has 0 bridgehead atoms. The highest BCUT2D eigenvalue weighted by Gasteiger charge is 2.36. The predicted octanol–water partition coefficient (Wildman–Crippen LogP) is 2.57. The first-order valence-electron chi connectivity index (χ1n) is 5.13. The number of benzene rings is 1. The highest BCUT2D eigenvalue weighted by atomic mass is 19.4. The van der Waals surface area contributed by atoms with Crippen molar-refractivity contribution < 1.29 is 27.5 Å². The third kappa shape index (κ3) is 2.91. The maximum Gasteiger partial charge on any atom is 0.417 e. The number of carbonyl (C=O) groups excluding carboxylic acids is 2. The van der Waals surface area contributed by atoms with Crippen molar-refractivity contribution in [2.24, 2.45) is 0 Å². The smallest absolute Gasteiger partial charge is 0.417 e. The van der Waals surface area contributed by atoms with Gasteiger partial charge in [0.2, 0.25) is 0 Å². The van der Waals surface area contributed by atoms with Crippen molar-refractivity contribution in [1.82, 2.24) is 0 Å². The summed E-state index contributed by atoms with van der Waals surface area (Å²) >= 11 is 0. The van der Waals surface area contributed by atoms with Gasteiger partial charge in [0.05, 0.1) is 23.3 Å². The number of hydrogen-bond donors (Lipinski definition) is 0. The van der Waals surface area contributed by atoms with Crippen LogP contribution in [0.15, 0.2) is 12.1 Å². The molecule has 1 rings (SSSR count). The first-order valence-corrected chi connectivity index (χ1v) is 5.13. The molecule has 19 heavy (non-hydrogen) atoms. The minimum Gasteiger partial charge on any atom is -0.462 e. The van der Waals surface area contributed by atoms with Gasteiger partial charge in [-0.05, 0) is 19.1 Å². The van der Waals surface area contributed by atoms with E-state index in [9.17, 15) is 22.8 Å². The Balaban J connectivity index is 3.61. The number of alkyl halides is 3.